The Hall–Kier alpha value is -1.56. The molecule has 0 atom stereocenters. The molecule has 1 aliphatic rings. The molecule has 0 heteroatoms. The van der Waals surface area contributed by atoms with Crippen molar-refractivity contribution in [1.82, 2.24) is 0 Å². The molecule has 2 aromatic carbocycles. The second kappa shape index (κ2) is 7.34. The lowest BCUT2D eigenvalue weighted by Gasteiger charge is -2.26. The van der Waals surface area contributed by atoms with Gasteiger partial charge in [-0.05, 0) is 59.3 Å². The summed E-state index contributed by atoms with van der Waals surface area (Å²) in [5.74, 6) is 2.43. The molecule has 0 saturated heterocycles. The monoisotopic (exact) mass is 306 g/mol. The molecule has 0 spiro atoms. The maximum atomic E-state index is 2.39. The molecule has 0 bridgehead atoms. The molecule has 3 rings (SSSR count). The third-order valence-electron chi connectivity index (χ3n) is 5.33. The van der Waals surface area contributed by atoms with Crippen molar-refractivity contribution in [2.75, 3.05) is 0 Å². The lowest BCUT2D eigenvalue weighted by atomic mass is 9.79. The molecule has 1 fully saturated rings. The Labute approximate surface area is 141 Å². The highest BCUT2D eigenvalue weighted by Crippen LogP contribution is 2.36. The predicted molar refractivity (Wildman–Crippen MR) is 101 cm³/mol. The summed E-state index contributed by atoms with van der Waals surface area (Å²) in [4.78, 5) is 0. The maximum Gasteiger partial charge on any atom is -0.0162 e. The van der Waals surface area contributed by atoms with Crippen LogP contribution in [0.4, 0.5) is 0 Å². The number of rotatable bonds is 4. The summed E-state index contributed by atoms with van der Waals surface area (Å²) in [6.07, 6.45) is 6.68. The minimum atomic E-state index is 0.721. The van der Waals surface area contributed by atoms with Crippen molar-refractivity contribution < 1.29 is 0 Å². The summed E-state index contributed by atoms with van der Waals surface area (Å²) in [5.41, 5.74) is 5.66. The Morgan fingerprint density at radius 3 is 1.83 bits per heavy atom. The molecular weight excluding hydrogens is 276 g/mol. The Morgan fingerprint density at radius 1 is 0.783 bits per heavy atom. The first-order valence-electron chi connectivity index (χ1n) is 9.31. The van der Waals surface area contributed by atoms with Crippen LogP contribution in [0.1, 0.15) is 63.5 Å². The smallest absolute Gasteiger partial charge is 0.0162 e. The van der Waals surface area contributed by atoms with Gasteiger partial charge in [0.25, 0.3) is 0 Å². The van der Waals surface area contributed by atoms with Gasteiger partial charge in [0.1, 0.15) is 0 Å². The minimum Gasteiger partial charge on any atom is -0.0625 e. The highest BCUT2D eigenvalue weighted by Gasteiger charge is 2.19. The molecular formula is C23H30. The van der Waals surface area contributed by atoms with Crippen LogP contribution in [0.2, 0.25) is 0 Å². The Kier molecular flexibility index (Phi) is 5.20. The van der Waals surface area contributed by atoms with E-state index in [1.165, 1.54) is 54.4 Å². The summed E-state index contributed by atoms with van der Waals surface area (Å²) >= 11 is 0. The third-order valence-corrected chi connectivity index (χ3v) is 5.33. The molecule has 0 aromatic heterocycles. The fourth-order valence-corrected chi connectivity index (χ4v) is 3.85. The van der Waals surface area contributed by atoms with Gasteiger partial charge in [-0.1, -0.05) is 82.1 Å². The summed E-state index contributed by atoms with van der Waals surface area (Å²) in [6.45, 7) is 6.94. The van der Waals surface area contributed by atoms with Gasteiger partial charge < -0.3 is 0 Å². The van der Waals surface area contributed by atoms with Crippen LogP contribution in [0.15, 0.2) is 48.5 Å². The van der Waals surface area contributed by atoms with E-state index in [0.29, 0.717) is 0 Å². The first-order chi connectivity index (χ1) is 11.1. The van der Waals surface area contributed by atoms with E-state index in [-0.39, 0.29) is 0 Å². The summed E-state index contributed by atoms with van der Waals surface area (Å²) in [5, 5.41) is 0. The van der Waals surface area contributed by atoms with Gasteiger partial charge in [0.05, 0.1) is 0 Å². The normalized spacial score (nSPS) is 21.6. The van der Waals surface area contributed by atoms with Crippen molar-refractivity contribution in [2.45, 2.75) is 58.8 Å². The molecule has 23 heavy (non-hydrogen) atoms. The topological polar surface area (TPSA) is 0 Å². The first kappa shape index (κ1) is 16.3. The summed E-state index contributed by atoms with van der Waals surface area (Å²) in [6, 6.07) is 18.5. The van der Waals surface area contributed by atoms with Crippen LogP contribution in [0.5, 0.6) is 0 Å². The molecule has 1 aliphatic carbocycles. The second-order valence-electron chi connectivity index (χ2n) is 7.87. The van der Waals surface area contributed by atoms with Gasteiger partial charge in [-0.25, -0.2) is 0 Å². The van der Waals surface area contributed by atoms with Gasteiger partial charge in [-0.2, -0.15) is 0 Å². The molecule has 0 aliphatic heterocycles. The van der Waals surface area contributed by atoms with Crippen LogP contribution in [-0.4, -0.2) is 0 Å². The van der Waals surface area contributed by atoms with Gasteiger partial charge in [0.15, 0.2) is 0 Å². The second-order valence-corrected chi connectivity index (χ2v) is 7.87. The molecule has 0 N–H and O–H groups in total. The minimum absolute atomic E-state index is 0.721. The molecule has 0 amide bonds. The fourth-order valence-electron chi connectivity index (χ4n) is 3.85. The van der Waals surface area contributed by atoms with Gasteiger partial charge >= 0.3 is 0 Å². The number of hydrogen-bond acceptors (Lipinski definition) is 0. The van der Waals surface area contributed by atoms with Crippen molar-refractivity contribution in [3.8, 4) is 11.1 Å². The van der Waals surface area contributed by atoms with E-state index in [1.807, 2.05) is 0 Å². The highest BCUT2D eigenvalue weighted by molar-refractivity contribution is 5.64. The van der Waals surface area contributed by atoms with Crippen LogP contribution in [-0.2, 0) is 6.42 Å². The van der Waals surface area contributed by atoms with Crippen molar-refractivity contribution in [3.63, 3.8) is 0 Å². The van der Waals surface area contributed by atoms with Gasteiger partial charge in [0, 0.05) is 0 Å². The van der Waals surface area contributed by atoms with Gasteiger partial charge in [0.2, 0.25) is 0 Å². The largest absolute Gasteiger partial charge is 0.0625 e. The van der Waals surface area contributed by atoms with E-state index in [0.717, 1.165) is 17.8 Å². The van der Waals surface area contributed by atoms with Crippen LogP contribution in [0, 0.1) is 11.8 Å². The summed E-state index contributed by atoms with van der Waals surface area (Å²) in [7, 11) is 0. The van der Waals surface area contributed by atoms with Crippen LogP contribution in [0.25, 0.3) is 11.1 Å². The zero-order valence-corrected chi connectivity index (χ0v) is 14.9. The predicted octanol–water partition coefficient (Wildman–Crippen LogP) is 6.85. The standard InChI is InChI=1S/C23H30/c1-17(2)16-19-6-10-21(11-7-19)23-14-12-22(13-15-23)20-8-4-18(3)5-9-20/h6-7,10-15,17-18,20H,4-5,8-9,16H2,1-3H3. The highest BCUT2D eigenvalue weighted by atomic mass is 14.2. The number of benzene rings is 2. The SMILES string of the molecule is CC(C)Cc1ccc(-c2ccc(C3CCC(C)CC3)cc2)cc1. The summed E-state index contributed by atoms with van der Waals surface area (Å²) < 4.78 is 0. The zero-order chi connectivity index (χ0) is 16.2. The Bertz CT molecular complexity index is 595. The molecule has 2 aromatic rings. The van der Waals surface area contributed by atoms with Gasteiger partial charge in [-0.15, -0.1) is 0 Å². The first-order valence-corrected chi connectivity index (χ1v) is 9.31. The molecule has 0 radical (unpaired) electrons. The third kappa shape index (κ3) is 4.25. The maximum absolute atomic E-state index is 2.39. The lowest BCUT2D eigenvalue weighted by Crippen LogP contribution is -2.10. The average molecular weight is 306 g/mol. The average Bonchev–Trinajstić information content (AvgIpc) is 2.56. The van der Waals surface area contributed by atoms with Crippen molar-refractivity contribution >= 4 is 0 Å². The quantitative estimate of drug-likeness (QED) is 0.579. The molecule has 0 unspecified atom stereocenters. The van der Waals surface area contributed by atoms with Crippen molar-refractivity contribution in [1.29, 1.82) is 0 Å². The molecule has 1 saturated carbocycles. The van der Waals surface area contributed by atoms with E-state index in [1.54, 1.807) is 0 Å². The van der Waals surface area contributed by atoms with Crippen molar-refractivity contribution in [2.24, 2.45) is 11.8 Å². The Balaban J connectivity index is 1.69. The van der Waals surface area contributed by atoms with Crippen LogP contribution in [0.3, 0.4) is 0 Å². The van der Waals surface area contributed by atoms with Crippen LogP contribution >= 0.6 is 0 Å². The number of hydrogen-bond donors (Lipinski definition) is 0. The lowest BCUT2D eigenvalue weighted by molar-refractivity contribution is 0.348. The zero-order valence-electron chi connectivity index (χ0n) is 14.9. The van der Waals surface area contributed by atoms with Crippen molar-refractivity contribution in [3.05, 3.63) is 59.7 Å². The fraction of sp³-hybridized carbons (Fsp3) is 0.478. The van der Waals surface area contributed by atoms with E-state index >= 15 is 0 Å². The van der Waals surface area contributed by atoms with E-state index in [9.17, 15) is 0 Å². The van der Waals surface area contributed by atoms with E-state index < -0.39 is 0 Å². The Morgan fingerprint density at radius 2 is 1.30 bits per heavy atom. The molecule has 122 valence electrons. The van der Waals surface area contributed by atoms with E-state index in [4.69, 9.17) is 0 Å². The molecule has 0 nitrogen and oxygen atoms in total. The van der Waals surface area contributed by atoms with E-state index in [2.05, 4.69) is 69.3 Å². The molecule has 0 heterocycles. The van der Waals surface area contributed by atoms with Gasteiger partial charge in [-0.3, -0.25) is 0 Å². The van der Waals surface area contributed by atoms with Crippen LogP contribution < -0.4 is 0 Å².